The zero-order chi connectivity index (χ0) is 31.1. The number of ketones is 2. The number of nitrogens with two attached hydrogens (primary N) is 1. The van der Waals surface area contributed by atoms with Crippen LogP contribution in [-0.4, -0.2) is 18.2 Å². The molecule has 1 aliphatic rings. The molecule has 0 aliphatic heterocycles. The van der Waals surface area contributed by atoms with Crippen LogP contribution in [0.2, 0.25) is 0 Å². The maximum atomic E-state index is 13.4. The smallest absolute Gasteiger partial charge is 0.196 e. The Hall–Kier alpha value is -3.12. The van der Waals surface area contributed by atoms with Crippen LogP contribution >= 0.6 is 15.9 Å². The van der Waals surface area contributed by atoms with Crippen molar-refractivity contribution in [3.05, 3.63) is 81.3 Å². The summed E-state index contributed by atoms with van der Waals surface area (Å²) >= 11 is 3.47. The zero-order valence-corrected chi connectivity index (χ0v) is 28.0. The molecule has 5 nitrogen and oxygen atoms in total. The third-order valence-corrected chi connectivity index (χ3v) is 9.24. The minimum absolute atomic E-state index is 0.212. The summed E-state index contributed by atoms with van der Waals surface area (Å²) in [7, 11) is 0. The Labute approximate surface area is 272 Å². The number of hydrogen-bond acceptors (Lipinski definition) is 5. The van der Waals surface area contributed by atoms with Gasteiger partial charge in [0.25, 0.3) is 0 Å². The van der Waals surface area contributed by atoms with Crippen molar-refractivity contribution in [3.63, 3.8) is 0 Å². The fourth-order valence-corrected chi connectivity index (χ4v) is 6.44. The van der Waals surface area contributed by atoms with Crippen molar-refractivity contribution in [1.29, 1.82) is 0 Å². The van der Waals surface area contributed by atoms with E-state index >= 15 is 0 Å². The molecule has 0 saturated carbocycles. The molecule has 3 N–H and O–H groups in total. The van der Waals surface area contributed by atoms with E-state index in [1.807, 2.05) is 24.3 Å². The largest absolute Gasteiger partial charge is 0.494 e. The third kappa shape index (κ3) is 9.44. The van der Waals surface area contributed by atoms with E-state index in [1.165, 1.54) is 96.3 Å². The first kappa shape index (κ1) is 33.8. The second kappa shape index (κ2) is 18.0. The predicted octanol–water partition coefficient (Wildman–Crippen LogP) is 11.2. The van der Waals surface area contributed by atoms with Crippen LogP contribution in [0.1, 0.15) is 141 Å². The van der Waals surface area contributed by atoms with Crippen molar-refractivity contribution in [1.82, 2.24) is 0 Å². The second-order valence-electron chi connectivity index (χ2n) is 12.1. The number of unbranched alkanes of at least 4 members (excludes halogenated alkanes) is 15. The molecule has 0 bridgehead atoms. The summed E-state index contributed by atoms with van der Waals surface area (Å²) in [5.74, 6) is 0.364. The Morgan fingerprint density at radius 2 is 1.14 bits per heavy atom. The average molecular weight is 662 g/mol. The number of nitrogen functional groups attached to an aromatic ring is 1. The van der Waals surface area contributed by atoms with E-state index in [1.54, 1.807) is 30.3 Å². The monoisotopic (exact) mass is 660 g/mol. The van der Waals surface area contributed by atoms with Gasteiger partial charge in [0.15, 0.2) is 11.6 Å². The molecule has 0 unspecified atom stereocenters. The standard InChI is InChI=1S/C38H49BrN2O3/c1-2-3-4-5-6-7-8-9-10-11-12-13-14-15-16-19-26-44-29-24-22-28(23-25-29)41-33-27-32(39)36(40)35-34(33)37(42)30-20-17-18-21-31(30)38(35)43/h17-18,20-25,27,41H,2-16,19,26,40H2,1H3. The maximum absolute atomic E-state index is 13.4. The molecule has 0 aromatic heterocycles. The lowest BCUT2D eigenvalue weighted by Gasteiger charge is -2.23. The summed E-state index contributed by atoms with van der Waals surface area (Å²) in [4.78, 5) is 26.7. The Bertz CT molecular complexity index is 1370. The third-order valence-electron chi connectivity index (χ3n) is 8.59. The minimum Gasteiger partial charge on any atom is -0.494 e. The van der Waals surface area contributed by atoms with Gasteiger partial charge in [0.2, 0.25) is 0 Å². The predicted molar refractivity (Wildman–Crippen MR) is 187 cm³/mol. The van der Waals surface area contributed by atoms with Gasteiger partial charge in [-0.15, -0.1) is 0 Å². The highest BCUT2D eigenvalue weighted by Gasteiger charge is 2.34. The molecule has 0 heterocycles. The number of anilines is 3. The van der Waals surface area contributed by atoms with E-state index in [0.717, 1.165) is 17.9 Å². The summed E-state index contributed by atoms with van der Waals surface area (Å²) < 4.78 is 6.54. The fourth-order valence-electron chi connectivity index (χ4n) is 6.01. The van der Waals surface area contributed by atoms with Gasteiger partial charge in [-0.2, -0.15) is 0 Å². The molecular formula is C38H49BrN2O3. The van der Waals surface area contributed by atoms with Gasteiger partial charge in [-0.25, -0.2) is 0 Å². The van der Waals surface area contributed by atoms with Gasteiger partial charge in [0.05, 0.1) is 29.1 Å². The highest BCUT2D eigenvalue weighted by molar-refractivity contribution is 9.10. The number of nitrogens with one attached hydrogen (secondary N) is 1. The Balaban J connectivity index is 1.13. The van der Waals surface area contributed by atoms with Crippen LogP contribution in [0, 0.1) is 0 Å². The van der Waals surface area contributed by atoms with E-state index in [4.69, 9.17) is 10.5 Å². The lowest BCUT2D eigenvalue weighted by Crippen LogP contribution is -2.23. The number of halogens is 1. The summed E-state index contributed by atoms with van der Waals surface area (Å²) in [6.07, 6.45) is 21.7. The normalized spacial score (nSPS) is 12.2. The van der Waals surface area contributed by atoms with Crippen molar-refractivity contribution in [2.45, 2.75) is 110 Å². The lowest BCUT2D eigenvalue weighted by atomic mass is 9.82. The van der Waals surface area contributed by atoms with Gasteiger partial charge in [-0.05, 0) is 52.7 Å². The summed E-state index contributed by atoms with van der Waals surface area (Å²) in [5, 5.41) is 3.32. The molecule has 236 valence electrons. The van der Waals surface area contributed by atoms with Crippen molar-refractivity contribution in [2.24, 2.45) is 0 Å². The number of carbonyl (C=O) groups is 2. The number of carbonyl (C=O) groups excluding carboxylic acids is 2. The Morgan fingerprint density at radius 1 is 0.659 bits per heavy atom. The van der Waals surface area contributed by atoms with E-state index < -0.39 is 0 Å². The molecule has 0 amide bonds. The Kier molecular flexibility index (Phi) is 13.8. The fraction of sp³-hybridized carbons (Fsp3) is 0.474. The number of fused-ring (bicyclic) bond motifs is 2. The molecule has 0 spiro atoms. The van der Waals surface area contributed by atoms with E-state index in [0.29, 0.717) is 33.5 Å². The zero-order valence-electron chi connectivity index (χ0n) is 26.4. The molecule has 3 aromatic rings. The SMILES string of the molecule is CCCCCCCCCCCCCCCCCCOc1ccc(Nc2cc(Br)c(N)c3c2C(=O)c2ccccc2C3=O)cc1. The van der Waals surface area contributed by atoms with E-state index in [2.05, 4.69) is 28.2 Å². The van der Waals surface area contributed by atoms with Crippen molar-refractivity contribution in [2.75, 3.05) is 17.7 Å². The van der Waals surface area contributed by atoms with Crippen LogP contribution in [0.4, 0.5) is 17.1 Å². The minimum atomic E-state index is -0.241. The van der Waals surface area contributed by atoms with Crippen molar-refractivity contribution in [3.8, 4) is 5.75 Å². The molecule has 0 radical (unpaired) electrons. The topological polar surface area (TPSA) is 81.4 Å². The first-order chi connectivity index (χ1) is 21.5. The number of ether oxygens (including phenoxy) is 1. The van der Waals surface area contributed by atoms with Gasteiger partial charge in [-0.3, -0.25) is 9.59 Å². The van der Waals surface area contributed by atoms with Crippen molar-refractivity contribution < 1.29 is 14.3 Å². The van der Waals surface area contributed by atoms with Gasteiger partial charge >= 0.3 is 0 Å². The lowest BCUT2D eigenvalue weighted by molar-refractivity contribution is 0.0980. The summed E-state index contributed by atoms with van der Waals surface area (Å²) in [6.45, 7) is 2.99. The van der Waals surface area contributed by atoms with Crippen LogP contribution in [0.5, 0.6) is 5.75 Å². The molecule has 3 aromatic carbocycles. The van der Waals surface area contributed by atoms with Crippen LogP contribution in [-0.2, 0) is 0 Å². The molecule has 0 atom stereocenters. The number of hydrogen-bond donors (Lipinski definition) is 2. The highest BCUT2D eigenvalue weighted by atomic mass is 79.9. The Morgan fingerprint density at radius 3 is 1.66 bits per heavy atom. The van der Waals surface area contributed by atoms with E-state index in [-0.39, 0.29) is 22.8 Å². The highest BCUT2D eigenvalue weighted by Crippen LogP contribution is 2.40. The van der Waals surface area contributed by atoms with Crippen LogP contribution in [0.15, 0.2) is 59.1 Å². The van der Waals surface area contributed by atoms with Gasteiger partial charge in [0.1, 0.15) is 5.75 Å². The first-order valence-corrected chi connectivity index (χ1v) is 17.6. The summed E-state index contributed by atoms with van der Waals surface area (Å²) in [5.41, 5.74) is 9.19. The quantitative estimate of drug-likeness (QED) is 0.0728. The van der Waals surface area contributed by atoms with Gasteiger partial charge in [-0.1, -0.05) is 128 Å². The molecule has 6 heteroatoms. The van der Waals surface area contributed by atoms with Gasteiger partial charge in [0, 0.05) is 21.3 Å². The average Bonchev–Trinajstić information content (AvgIpc) is 3.03. The second-order valence-corrected chi connectivity index (χ2v) is 12.9. The van der Waals surface area contributed by atoms with Crippen molar-refractivity contribution >= 4 is 44.6 Å². The molecule has 44 heavy (non-hydrogen) atoms. The molecule has 0 fully saturated rings. The van der Waals surface area contributed by atoms with Crippen LogP contribution in [0.25, 0.3) is 0 Å². The molecule has 4 rings (SSSR count). The van der Waals surface area contributed by atoms with Crippen LogP contribution in [0.3, 0.4) is 0 Å². The number of benzene rings is 3. The molecule has 1 aliphatic carbocycles. The van der Waals surface area contributed by atoms with Crippen LogP contribution < -0.4 is 15.8 Å². The first-order valence-electron chi connectivity index (χ1n) is 16.8. The maximum Gasteiger partial charge on any atom is 0.196 e. The van der Waals surface area contributed by atoms with E-state index in [9.17, 15) is 9.59 Å². The van der Waals surface area contributed by atoms with Gasteiger partial charge < -0.3 is 15.8 Å². The molecular weight excluding hydrogens is 612 g/mol. The number of rotatable bonds is 20. The molecule has 0 saturated heterocycles. The summed E-state index contributed by atoms with van der Waals surface area (Å²) in [6, 6.07) is 16.3.